The van der Waals surface area contributed by atoms with Crippen LogP contribution in [0.1, 0.15) is 102 Å². The molecule has 2 aromatic rings. The first-order valence-corrected chi connectivity index (χ1v) is 25.8. The van der Waals surface area contributed by atoms with Crippen molar-refractivity contribution >= 4 is 35.9 Å². The summed E-state index contributed by atoms with van der Waals surface area (Å²) < 4.78 is 0. The van der Waals surface area contributed by atoms with E-state index in [0.717, 1.165) is 52.5 Å². The van der Waals surface area contributed by atoms with Crippen LogP contribution in [-0.2, 0) is 20.8 Å². The van der Waals surface area contributed by atoms with E-state index in [1.807, 2.05) is 0 Å². The topological polar surface area (TPSA) is 0 Å². The molecule has 2 aromatic carbocycles. The zero-order valence-corrected chi connectivity index (χ0v) is 31.9. The number of hydrogen-bond donors (Lipinski definition) is 0. The van der Waals surface area contributed by atoms with E-state index in [0.29, 0.717) is 0 Å². The third-order valence-corrected chi connectivity index (χ3v) is 17.7. The van der Waals surface area contributed by atoms with E-state index in [1.54, 1.807) is 36.6 Å². The van der Waals surface area contributed by atoms with Gasteiger partial charge in [0.1, 0.15) is 0 Å². The van der Waals surface area contributed by atoms with Gasteiger partial charge in [-0.3, -0.25) is 0 Å². The molecule has 0 saturated heterocycles. The quantitative estimate of drug-likeness (QED) is 0.209. The van der Waals surface area contributed by atoms with E-state index in [1.165, 1.54) is 56.8 Å². The van der Waals surface area contributed by atoms with E-state index in [4.69, 9.17) is 17.0 Å². The standard InChI is InChI=1S/C35H52Si.2CH3.2ClH.Zr/c1-5-12-24(2)33-23-35(32-17-9-8-16-29(32)33)36(3,4)34-22-21-30-28(19-11-20-31(30)34)27-18-10-14-25-13-6-7-15-26(25)27;;;;;/h6-7,10,13-15,18,24,28-35H,5,8-9,11-12,16-17,19-23H2,1-4H3;2*1H3;2*1H;/q;2*-1;;;+4/p-2. The zero-order chi connectivity index (χ0) is 27.6. The van der Waals surface area contributed by atoms with E-state index in [2.05, 4.69) is 69.4 Å². The molecule has 9 atom stereocenters. The summed E-state index contributed by atoms with van der Waals surface area (Å²) in [6.07, 6.45) is 18.1. The molecule has 0 nitrogen and oxygen atoms in total. The number of rotatable bonds is 6. The van der Waals surface area contributed by atoms with Gasteiger partial charge in [-0.05, 0) is 94.5 Å². The monoisotopic (exact) mass is 690 g/mol. The summed E-state index contributed by atoms with van der Waals surface area (Å²) in [5.74, 6) is 6.91. The van der Waals surface area contributed by atoms with Crippen molar-refractivity contribution in [1.82, 2.24) is 0 Å². The molecule has 4 saturated carbocycles. The van der Waals surface area contributed by atoms with Crippen LogP contribution in [0, 0.1) is 50.4 Å². The first-order valence-electron chi connectivity index (χ1n) is 16.4. The van der Waals surface area contributed by atoms with Crippen LogP contribution in [0.5, 0.6) is 0 Å². The maximum absolute atomic E-state index is 4.93. The molecule has 0 bridgehead atoms. The zero-order valence-electron chi connectivity index (χ0n) is 27.0. The fraction of sp³-hybridized carbons (Fsp3) is 0.676. The van der Waals surface area contributed by atoms with Gasteiger partial charge in [-0.1, -0.05) is 121 Å². The molecule has 0 N–H and O–H groups in total. The maximum atomic E-state index is 4.93. The Morgan fingerprint density at radius 3 is 2.15 bits per heavy atom. The summed E-state index contributed by atoms with van der Waals surface area (Å²) in [4.78, 5) is 0. The molecule has 0 amide bonds. The average molecular weight is 693 g/mol. The molecule has 4 heteroatoms. The van der Waals surface area contributed by atoms with Crippen LogP contribution in [0.15, 0.2) is 42.5 Å². The minimum absolute atomic E-state index is 0. The van der Waals surface area contributed by atoms with Gasteiger partial charge in [0.15, 0.2) is 0 Å². The van der Waals surface area contributed by atoms with Crippen LogP contribution >= 0.6 is 17.0 Å². The van der Waals surface area contributed by atoms with Crippen molar-refractivity contribution in [2.24, 2.45) is 35.5 Å². The number of benzene rings is 2. The number of fused-ring (bicyclic) bond motifs is 3. The molecular formula is C37H58Cl2SiZr. The summed E-state index contributed by atoms with van der Waals surface area (Å²) in [5.41, 5.74) is 3.87. The van der Waals surface area contributed by atoms with Gasteiger partial charge >= 0.3 is 37.9 Å². The van der Waals surface area contributed by atoms with Crippen LogP contribution < -0.4 is 0 Å². The first-order chi connectivity index (χ1) is 18.9. The van der Waals surface area contributed by atoms with Gasteiger partial charge in [-0.15, -0.1) is 0 Å². The van der Waals surface area contributed by atoms with Crippen molar-refractivity contribution in [1.29, 1.82) is 0 Å². The molecule has 9 unspecified atom stereocenters. The second kappa shape index (κ2) is 16.1. The molecule has 6 rings (SSSR count). The Morgan fingerprint density at radius 2 is 1.41 bits per heavy atom. The molecule has 0 heterocycles. The van der Waals surface area contributed by atoms with E-state index >= 15 is 0 Å². The first kappa shape index (κ1) is 35.9. The molecule has 0 aromatic heterocycles. The van der Waals surface area contributed by atoms with Crippen molar-refractivity contribution in [2.75, 3.05) is 0 Å². The van der Waals surface area contributed by atoms with Gasteiger partial charge in [0, 0.05) is 0 Å². The summed E-state index contributed by atoms with van der Waals surface area (Å²) in [6.45, 7) is 10.8. The molecule has 4 aliphatic carbocycles. The second-order valence-electron chi connectivity index (χ2n) is 14.4. The van der Waals surface area contributed by atoms with Gasteiger partial charge < -0.3 is 14.9 Å². The van der Waals surface area contributed by atoms with Crippen LogP contribution in [0.3, 0.4) is 0 Å². The molecule has 4 fully saturated rings. The van der Waals surface area contributed by atoms with Crippen LogP contribution in [0.25, 0.3) is 10.8 Å². The van der Waals surface area contributed by atoms with Crippen molar-refractivity contribution < 1.29 is 20.8 Å². The normalized spacial score (nSPS) is 33.2. The fourth-order valence-electron chi connectivity index (χ4n) is 11.0. The Bertz CT molecular complexity index is 1070. The van der Waals surface area contributed by atoms with Crippen LogP contribution in [0.2, 0.25) is 24.2 Å². The van der Waals surface area contributed by atoms with Crippen molar-refractivity contribution in [3.8, 4) is 0 Å². The molecule has 0 aliphatic heterocycles. The Balaban J connectivity index is 0.000000887. The minimum atomic E-state index is -1.35. The van der Waals surface area contributed by atoms with Gasteiger partial charge in [0.2, 0.25) is 0 Å². The second-order valence-corrected chi connectivity index (χ2v) is 23.3. The van der Waals surface area contributed by atoms with Crippen LogP contribution in [-0.4, -0.2) is 8.07 Å². The summed E-state index contributed by atoms with van der Waals surface area (Å²) in [5, 5.41) is 2.99. The SMILES string of the molecule is CCCC(C)C1CC([Si](C)(C)C2CCC3C(c4cccc5ccccc45)CCCC32)C2CCCCC12.[CH3-].[CH3-].[Cl][Zr+2][Cl]. The van der Waals surface area contributed by atoms with E-state index in [9.17, 15) is 0 Å². The number of halogens is 2. The molecular weight excluding hydrogens is 635 g/mol. The average Bonchev–Trinajstić information content (AvgIpc) is 3.57. The Morgan fingerprint density at radius 1 is 0.780 bits per heavy atom. The Labute approximate surface area is 274 Å². The molecule has 0 radical (unpaired) electrons. The van der Waals surface area contributed by atoms with Crippen molar-refractivity contribution in [3.05, 3.63) is 62.9 Å². The van der Waals surface area contributed by atoms with Gasteiger partial charge in [-0.25, -0.2) is 0 Å². The molecule has 228 valence electrons. The number of hydrogen-bond acceptors (Lipinski definition) is 0. The van der Waals surface area contributed by atoms with Gasteiger partial charge in [0.25, 0.3) is 0 Å². The summed E-state index contributed by atoms with van der Waals surface area (Å²) in [6, 6.07) is 16.4. The molecule has 41 heavy (non-hydrogen) atoms. The van der Waals surface area contributed by atoms with Crippen LogP contribution in [0.4, 0.5) is 0 Å². The third-order valence-electron chi connectivity index (χ3n) is 12.5. The Hall–Kier alpha value is 0.380. The molecule has 0 spiro atoms. The van der Waals surface area contributed by atoms with Gasteiger partial charge in [-0.2, -0.15) is 0 Å². The fourth-order valence-corrected chi connectivity index (χ4v) is 16.4. The summed E-state index contributed by atoms with van der Waals surface area (Å²) in [7, 11) is 8.52. The predicted octanol–water partition coefficient (Wildman–Crippen LogP) is 13.1. The predicted molar refractivity (Wildman–Crippen MR) is 184 cm³/mol. The van der Waals surface area contributed by atoms with E-state index < -0.39 is 28.9 Å². The third kappa shape index (κ3) is 7.28. The van der Waals surface area contributed by atoms with E-state index in [-0.39, 0.29) is 14.9 Å². The molecule has 4 aliphatic rings. The summed E-state index contributed by atoms with van der Waals surface area (Å²) >= 11 is -0.826. The van der Waals surface area contributed by atoms with Gasteiger partial charge in [0.05, 0.1) is 8.07 Å². The Kier molecular flexibility index (Phi) is 14.1. The van der Waals surface area contributed by atoms with Crippen molar-refractivity contribution in [3.63, 3.8) is 0 Å². The van der Waals surface area contributed by atoms with Crippen molar-refractivity contribution in [2.45, 2.75) is 121 Å².